The fourth-order valence-corrected chi connectivity index (χ4v) is 3.66. The Morgan fingerprint density at radius 1 is 1.15 bits per heavy atom. The maximum Gasteiger partial charge on any atom is 0.254 e. The summed E-state index contributed by atoms with van der Waals surface area (Å²) in [7, 11) is 0. The highest BCUT2D eigenvalue weighted by Crippen LogP contribution is 2.32. The van der Waals surface area contributed by atoms with Crippen LogP contribution in [0, 0.1) is 20.8 Å². The molecule has 0 bridgehead atoms. The van der Waals surface area contributed by atoms with Crippen LogP contribution in [0.25, 0.3) is 5.69 Å². The zero-order valence-corrected chi connectivity index (χ0v) is 15.3. The molecule has 1 fully saturated rings. The van der Waals surface area contributed by atoms with Crippen LogP contribution in [0.4, 0.5) is 0 Å². The van der Waals surface area contributed by atoms with Crippen LogP contribution in [0.1, 0.15) is 52.1 Å². The highest BCUT2D eigenvalue weighted by molar-refractivity contribution is 5.94. The summed E-state index contributed by atoms with van der Waals surface area (Å²) < 4.78 is 7.08. The van der Waals surface area contributed by atoms with Gasteiger partial charge < -0.3 is 9.42 Å². The molecular weight excluding hydrogens is 328 g/mol. The summed E-state index contributed by atoms with van der Waals surface area (Å²) in [4.78, 5) is 14.9. The second kappa shape index (κ2) is 6.44. The molecule has 1 aliphatic heterocycles. The Kier molecular flexibility index (Phi) is 4.11. The standard InChI is InChI=1S/C20H22N4O2/c1-13-11-14(2)24(21-13)17-8-6-16(7-9-17)20(25)23-10-4-5-19(23)18-12-15(3)26-22-18/h6-9,11-12,19H,4-5,10H2,1-3H3. The number of likely N-dealkylation sites (tertiary alicyclic amines) is 1. The molecule has 0 spiro atoms. The van der Waals surface area contributed by atoms with Crippen molar-refractivity contribution in [2.24, 2.45) is 0 Å². The van der Waals surface area contributed by atoms with E-state index in [1.807, 2.05) is 66.8 Å². The van der Waals surface area contributed by atoms with Crippen molar-refractivity contribution in [2.45, 2.75) is 39.7 Å². The van der Waals surface area contributed by atoms with E-state index in [1.165, 1.54) is 0 Å². The van der Waals surface area contributed by atoms with Gasteiger partial charge in [-0.15, -0.1) is 0 Å². The lowest BCUT2D eigenvalue weighted by Gasteiger charge is -2.23. The molecule has 1 saturated heterocycles. The average molecular weight is 350 g/mol. The van der Waals surface area contributed by atoms with E-state index in [4.69, 9.17) is 4.52 Å². The molecule has 134 valence electrons. The van der Waals surface area contributed by atoms with Crippen molar-refractivity contribution in [3.63, 3.8) is 0 Å². The lowest BCUT2D eigenvalue weighted by molar-refractivity contribution is 0.0731. The van der Waals surface area contributed by atoms with Crippen LogP contribution in [0.15, 0.2) is 40.9 Å². The maximum atomic E-state index is 13.0. The van der Waals surface area contributed by atoms with Crippen molar-refractivity contribution in [1.82, 2.24) is 19.8 Å². The number of carbonyl (C=O) groups excluding carboxylic acids is 1. The van der Waals surface area contributed by atoms with E-state index >= 15 is 0 Å². The third kappa shape index (κ3) is 2.92. The molecule has 1 amide bonds. The smallest absolute Gasteiger partial charge is 0.254 e. The van der Waals surface area contributed by atoms with Gasteiger partial charge in [0.25, 0.3) is 5.91 Å². The number of amides is 1. The van der Waals surface area contributed by atoms with E-state index in [-0.39, 0.29) is 11.9 Å². The molecule has 0 N–H and O–H groups in total. The van der Waals surface area contributed by atoms with E-state index in [0.29, 0.717) is 5.56 Å². The molecule has 2 aromatic heterocycles. The topological polar surface area (TPSA) is 64.2 Å². The Morgan fingerprint density at radius 2 is 1.92 bits per heavy atom. The fraction of sp³-hybridized carbons (Fsp3) is 0.350. The molecule has 6 nitrogen and oxygen atoms in total. The molecule has 0 saturated carbocycles. The molecule has 0 radical (unpaired) electrons. The third-order valence-corrected chi connectivity index (χ3v) is 4.87. The van der Waals surface area contributed by atoms with Crippen LogP contribution in [0.2, 0.25) is 0 Å². The van der Waals surface area contributed by atoms with Gasteiger partial charge in [-0.3, -0.25) is 4.79 Å². The summed E-state index contributed by atoms with van der Waals surface area (Å²) in [6.45, 7) is 6.61. The van der Waals surface area contributed by atoms with Crippen LogP contribution >= 0.6 is 0 Å². The number of rotatable bonds is 3. The second-order valence-corrected chi connectivity index (χ2v) is 6.90. The van der Waals surface area contributed by atoms with Gasteiger partial charge in [0.2, 0.25) is 0 Å². The SMILES string of the molecule is Cc1cc(C)n(-c2ccc(C(=O)N3CCCC3c3cc(C)on3)cc2)n1. The van der Waals surface area contributed by atoms with E-state index in [1.54, 1.807) is 0 Å². The first-order valence-corrected chi connectivity index (χ1v) is 8.91. The number of aromatic nitrogens is 3. The van der Waals surface area contributed by atoms with Crippen molar-refractivity contribution in [2.75, 3.05) is 6.54 Å². The summed E-state index contributed by atoms with van der Waals surface area (Å²) in [5, 5.41) is 8.60. The molecule has 1 unspecified atom stereocenters. The third-order valence-electron chi connectivity index (χ3n) is 4.87. The van der Waals surface area contributed by atoms with Gasteiger partial charge in [0, 0.05) is 23.9 Å². The molecule has 0 aliphatic carbocycles. The minimum atomic E-state index is -0.00404. The van der Waals surface area contributed by atoms with Crippen molar-refractivity contribution in [3.8, 4) is 5.69 Å². The van der Waals surface area contributed by atoms with Gasteiger partial charge in [-0.2, -0.15) is 5.10 Å². The normalized spacial score (nSPS) is 17.0. The van der Waals surface area contributed by atoms with Crippen LogP contribution in [-0.4, -0.2) is 32.3 Å². The van der Waals surface area contributed by atoms with Crippen LogP contribution in [0.3, 0.4) is 0 Å². The molecule has 1 aliphatic rings. The molecular formula is C20H22N4O2. The lowest BCUT2D eigenvalue weighted by Crippen LogP contribution is -2.30. The Morgan fingerprint density at radius 3 is 2.54 bits per heavy atom. The Hall–Kier alpha value is -2.89. The largest absolute Gasteiger partial charge is 0.361 e. The van der Waals surface area contributed by atoms with Crippen LogP contribution in [-0.2, 0) is 0 Å². The number of benzene rings is 1. The Bertz CT molecular complexity index is 939. The van der Waals surface area contributed by atoms with Crippen LogP contribution in [0.5, 0.6) is 0 Å². The summed E-state index contributed by atoms with van der Waals surface area (Å²) in [6, 6.07) is 11.6. The van der Waals surface area contributed by atoms with Gasteiger partial charge in [0.05, 0.1) is 17.4 Å². The fourth-order valence-electron chi connectivity index (χ4n) is 3.66. The number of hydrogen-bond acceptors (Lipinski definition) is 4. The van der Waals surface area contributed by atoms with Gasteiger partial charge in [-0.05, 0) is 63.9 Å². The summed E-state index contributed by atoms with van der Waals surface area (Å²) in [5.41, 5.74) is 4.53. The summed E-state index contributed by atoms with van der Waals surface area (Å²) in [5.74, 6) is 0.807. The molecule has 6 heteroatoms. The van der Waals surface area contributed by atoms with Crippen molar-refractivity contribution in [1.29, 1.82) is 0 Å². The summed E-state index contributed by atoms with van der Waals surface area (Å²) in [6.07, 6.45) is 1.90. The molecule has 3 aromatic rings. The highest BCUT2D eigenvalue weighted by atomic mass is 16.5. The zero-order valence-electron chi connectivity index (χ0n) is 15.3. The van der Waals surface area contributed by atoms with E-state index in [2.05, 4.69) is 10.3 Å². The first kappa shape index (κ1) is 16.6. The first-order chi connectivity index (χ1) is 12.5. The second-order valence-electron chi connectivity index (χ2n) is 6.90. The molecule has 1 atom stereocenters. The predicted molar refractivity (Wildman–Crippen MR) is 97.3 cm³/mol. The zero-order chi connectivity index (χ0) is 18.3. The quantitative estimate of drug-likeness (QED) is 0.721. The predicted octanol–water partition coefficient (Wildman–Crippen LogP) is 3.76. The van der Waals surface area contributed by atoms with Gasteiger partial charge in [-0.25, -0.2) is 4.68 Å². The van der Waals surface area contributed by atoms with Crippen molar-refractivity contribution >= 4 is 5.91 Å². The van der Waals surface area contributed by atoms with Crippen molar-refractivity contribution in [3.05, 3.63) is 64.8 Å². The first-order valence-electron chi connectivity index (χ1n) is 8.91. The van der Waals surface area contributed by atoms with Gasteiger partial charge in [0.15, 0.2) is 0 Å². The van der Waals surface area contributed by atoms with Gasteiger partial charge in [0.1, 0.15) is 11.5 Å². The number of carbonyl (C=O) groups is 1. The minimum absolute atomic E-state index is 0.00404. The van der Waals surface area contributed by atoms with E-state index in [9.17, 15) is 4.79 Å². The lowest BCUT2D eigenvalue weighted by atomic mass is 10.1. The average Bonchev–Trinajstić information content (AvgIpc) is 3.34. The molecule has 3 heterocycles. The number of hydrogen-bond donors (Lipinski definition) is 0. The highest BCUT2D eigenvalue weighted by Gasteiger charge is 2.32. The van der Waals surface area contributed by atoms with Gasteiger partial charge in [-0.1, -0.05) is 5.16 Å². The molecule has 1 aromatic carbocycles. The number of aryl methyl sites for hydroxylation is 3. The van der Waals surface area contributed by atoms with E-state index in [0.717, 1.165) is 47.9 Å². The number of nitrogens with zero attached hydrogens (tertiary/aromatic N) is 4. The van der Waals surface area contributed by atoms with E-state index < -0.39 is 0 Å². The Labute approximate surface area is 152 Å². The van der Waals surface area contributed by atoms with Crippen LogP contribution < -0.4 is 0 Å². The monoisotopic (exact) mass is 350 g/mol. The van der Waals surface area contributed by atoms with Gasteiger partial charge >= 0.3 is 0 Å². The Balaban J connectivity index is 1.57. The minimum Gasteiger partial charge on any atom is -0.361 e. The molecule has 26 heavy (non-hydrogen) atoms. The maximum absolute atomic E-state index is 13.0. The summed E-state index contributed by atoms with van der Waals surface area (Å²) >= 11 is 0. The molecule has 4 rings (SSSR count). The van der Waals surface area contributed by atoms with Crippen molar-refractivity contribution < 1.29 is 9.32 Å².